The van der Waals surface area contributed by atoms with E-state index in [1.807, 2.05) is 48.5 Å². The summed E-state index contributed by atoms with van der Waals surface area (Å²) in [6, 6.07) is 14.9. The van der Waals surface area contributed by atoms with Gasteiger partial charge in [0, 0.05) is 12.0 Å². The zero-order chi connectivity index (χ0) is 19.8. The molecule has 0 fully saturated rings. The van der Waals surface area contributed by atoms with Crippen molar-refractivity contribution in [3.63, 3.8) is 0 Å². The Morgan fingerprint density at radius 2 is 1.54 bits per heavy atom. The summed E-state index contributed by atoms with van der Waals surface area (Å²) < 4.78 is 15.9. The van der Waals surface area contributed by atoms with Crippen LogP contribution in [0.15, 0.2) is 48.5 Å². The van der Waals surface area contributed by atoms with Gasteiger partial charge >= 0.3 is 0 Å². The standard InChI is InChI=1S/C20H21N3O4S/c1-25-15-7-5-14(6-8-15)19-22-23-20(28-19)21-18(24)4-3-13-27-17-11-9-16(26-2)10-12-17/h5-12H,3-4,13H2,1-2H3,(H,21,23,24). The van der Waals surface area contributed by atoms with Gasteiger partial charge in [0.25, 0.3) is 0 Å². The molecule has 0 radical (unpaired) electrons. The molecule has 1 heterocycles. The Hall–Kier alpha value is -3.13. The van der Waals surface area contributed by atoms with Crippen LogP contribution >= 0.6 is 11.3 Å². The van der Waals surface area contributed by atoms with Crippen LogP contribution in [0.3, 0.4) is 0 Å². The molecular formula is C20H21N3O4S. The molecule has 0 aliphatic heterocycles. The number of ether oxygens (including phenoxy) is 3. The number of nitrogens with zero attached hydrogens (tertiary/aromatic N) is 2. The molecule has 0 aliphatic rings. The first-order valence-electron chi connectivity index (χ1n) is 8.72. The number of hydrogen-bond acceptors (Lipinski definition) is 7. The minimum Gasteiger partial charge on any atom is -0.497 e. The molecule has 7 nitrogen and oxygen atoms in total. The second kappa shape index (κ2) is 9.70. The Balaban J connectivity index is 1.42. The van der Waals surface area contributed by atoms with Crippen molar-refractivity contribution in [1.82, 2.24) is 10.2 Å². The van der Waals surface area contributed by atoms with Crippen LogP contribution in [-0.4, -0.2) is 36.9 Å². The molecule has 3 rings (SSSR count). The SMILES string of the molecule is COc1ccc(OCCCC(=O)Nc2nnc(-c3ccc(OC)cc3)s2)cc1. The summed E-state index contributed by atoms with van der Waals surface area (Å²) in [5.74, 6) is 2.18. The molecule has 0 saturated carbocycles. The number of carbonyl (C=O) groups is 1. The lowest BCUT2D eigenvalue weighted by Crippen LogP contribution is -2.12. The van der Waals surface area contributed by atoms with E-state index in [0.717, 1.165) is 27.8 Å². The van der Waals surface area contributed by atoms with Crippen molar-refractivity contribution >= 4 is 22.4 Å². The number of hydrogen-bond donors (Lipinski definition) is 1. The first-order valence-corrected chi connectivity index (χ1v) is 9.54. The van der Waals surface area contributed by atoms with Gasteiger partial charge in [-0.05, 0) is 55.0 Å². The minimum absolute atomic E-state index is 0.115. The van der Waals surface area contributed by atoms with Gasteiger partial charge in [-0.15, -0.1) is 10.2 Å². The molecule has 0 unspecified atom stereocenters. The molecule has 146 valence electrons. The molecule has 2 aromatic carbocycles. The highest BCUT2D eigenvalue weighted by Gasteiger charge is 2.10. The van der Waals surface area contributed by atoms with Gasteiger partial charge < -0.3 is 19.5 Å². The highest BCUT2D eigenvalue weighted by Crippen LogP contribution is 2.27. The fraction of sp³-hybridized carbons (Fsp3) is 0.250. The molecule has 3 aromatic rings. The fourth-order valence-electron chi connectivity index (χ4n) is 2.40. The zero-order valence-electron chi connectivity index (χ0n) is 15.7. The molecular weight excluding hydrogens is 378 g/mol. The summed E-state index contributed by atoms with van der Waals surface area (Å²) >= 11 is 1.33. The predicted molar refractivity (Wildman–Crippen MR) is 108 cm³/mol. The molecule has 0 aliphatic carbocycles. The van der Waals surface area contributed by atoms with E-state index < -0.39 is 0 Å². The highest BCUT2D eigenvalue weighted by atomic mass is 32.1. The van der Waals surface area contributed by atoms with E-state index in [4.69, 9.17) is 14.2 Å². The Morgan fingerprint density at radius 3 is 2.18 bits per heavy atom. The van der Waals surface area contributed by atoms with E-state index in [2.05, 4.69) is 15.5 Å². The molecule has 0 saturated heterocycles. The fourth-order valence-corrected chi connectivity index (χ4v) is 3.17. The van der Waals surface area contributed by atoms with Crippen molar-refractivity contribution in [3.8, 4) is 27.8 Å². The maximum Gasteiger partial charge on any atom is 0.226 e. The van der Waals surface area contributed by atoms with Crippen LogP contribution in [0.2, 0.25) is 0 Å². The van der Waals surface area contributed by atoms with Crippen LogP contribution in [0.1, 0.15) is 12.8 Å². The van der Waals surface area contributed by atoms with Crippen molar-refractivity contribution in [1.29, 1.82) is 0 Å². The van der Waals surface area contributed by atoms with Crippen LogP contribution in [0.25, 0.3) is 10.6 Å². The second-order valence-electron chi connectivity index (χ2n) is 5.82. The molecule has 1 aromatic heterocycles. The lowest BCUT2D eigenvalue weighted by molar-refractivity contribution is -0.116. The minimum atomic E-state index is -0.115. The van der Waals surface area contributed by atoms with Gasteiger partial charge in [-0.2, -0.15) is 0 Å². The third-order valence-corrected chi connectivity index (χ3v) is 4.77. The lowest BCUT2D eigenvalue weighted by Gasteiger charge is -2.06. The number of benzene rings is 2. The number of amides is 1. The normalized spacial score (nSPS) is 10.4. The Morgan fingerprint density at radius 1 is 0.929 bits per heavy atom. The van der Waals surface area contributed by atoms with E-state index in [1.54, 1.807) is 14.2 Å². The van der Waals surface area contributed by atoms with Gasteiger partial charge in [0.2, 0.25) is 11.0 Å². The zero-order valence-corrected chi connectivity index (χ0v) is 16.5. The highest BCUT2D eigenvalue weighted by molar-refractivity contribution is 7.18. The maximum atomic E-state index is 12.1. The van der Waals surface area contributed by atoms with Crippen LogP contribution in [0.5, 0.6) is 17.2 Å². The monoisotopic (exact) mass is 399 g/mol. The number of methoxy groups -OCH3 is 2. The van der Waals surface area contributed by atoms with Crippen molar-refractivity contribution in [2.24, 2.45) is 0 Å². The van der Waals surface area contributed by atoms with Crippen molar-refractivity contribution < 1.29 is 19.0 Å². The van der Waals surface area contributed by atoms with Gasteiger partial charge in [0.1, 0.15) is 22.3 Å². The summed E-state index contributed by atoms with van der Waals surface area (Å²) in [4.78, 5) is 12.1. The number of anilines is 1. The summed E-state index contributed by atoms with van der Waals surface area (Å²) in [7, 11) is 3.24. The van der Waals surface area contributed by atoms with E-state index in [1.165, 1.54) is 11.3 Å². The van der Waals surface area contributed by atoms with Crippen LogP contribution in [0.4, 0.5) is 5.13 Å². The Kier molecular flexibility index (Phi) is 6.80. The largest absolute Gasteiger partial charge is 0.497 e. The number of carbonyl (C=O) groups excluding carboxylic acids is 1. The van der Waals surface area contributed by atoms with E-state index in [9.17, 15) is 4.79 Å². The first kappa shape index (κ1) is 19.6. The molecule has 0 atom stereocenters. The molecule has 1 N–H and O–H groups in total. The van der Waals surface area contributed by atoms with E-state index in [-0.39, 0.29) is 5.91 Å². The van der Waals surface area contributed by atoms with E-state index in [0.29, 0.717) is 24.6 Å². The topological polar surface area (TPSA) is 82.6 Å². The quantitative estimate of drug-likeness (QED) is 0.547. The predicted octanol–water partition coefficient (Wildman–Crippen LogP) is 4.02. The third-order valence-electron chi connectivity index (χ3n) is 3.88. The van der Waals surface area contributed by atoms with Crippen LogP contribution < -0.4 is 19.5 Å². The van der Waals surface area contributed by atoms with Gasteiger partial charge in [-0.3, -0.25) is 4.79 Å². The average Bonchev–Trinajstić information content (AvgIpc) is 3.20. The van der Waals surface area contributed by atoms with Crippen molar-refractivity contribution in [2.75, 3.05) is 26.1 Å². The van der Waals surface area contributed by atoms with Crippen molar-refractivity contribution in [2.45, 2.75) is 12.8 Å². The van der Waals surface area contributed by atoms with E-state index >= 15 is 0 Å². The summed E-state index contributed by atoms with van der Waals surface area (Å²) in [5, 5.41) is 12.1. The second-order valence-corrected chi connectivity index (χ2v) is 6.79. The van der Waals surface area contributed by atoms with Crippen molar-refractivity contribution in [3.05, 3.63) is 48.5 Å². The smallest absolute Gasteiger partial charge is 0.226 e. The van der Waals surface area contributed by atoms with Gasteiger partial charge in [-0.1, -0.05) is 11.3 Å². The Bertz CT molecular complexity index is 895. The summed E-state index contributed by atoms with van der Waals surface area (Å²) in [6.45, 7) is 0.451. The molecule has 28 heavy (non-hydrogen) atoms. The van der Waals surface area contributed by atoms with Gasteiger partial charge in [0.15, 0.2) is 0 Å². The number of nitrogens with one attached hydrogen (secondary N) is 1. The van der Waals surface area contributed by atoms with Gasteiger partial charge in [-0.25, -0.2) is 0 Å². The number of aromatic nitrogens is 2. The Labute approximate surface area is 167 Å². The molecule has 0 bridgehead atoms. The lowest BCUT2D eigenvalue weighted by atomic mass is 10.2. The third kappa shape index (κ3) is 5.43. The van der Waals surface area contributed by atoms with Gasteiger partial charge in [0.05, 0.1) is 20.8 Å². The first-order chi connectivity index (χ1) is 13.7. The molecule has 0 spiro atoms. The van der Waals surface area contributed by atoms with Crippen LogP contribution in [0, 0.1) is 0 Å². The summed E-state index contributed by atoms with van der Waals surface area (Å²) in [6.07, 6.45) is 0.940. The maximum absolute atomic E-state index is 12.1. The van der Waals surface area contributed by atoms with Crippen LogP contribution in [-0.2, 0) is 4.79 Å². The summed E-state index contributed by atoms with van der Waals surface area (Å²) in [5.41, 5.74) is 0.923. The molecule has 8 heteroatoms. The average molecular weight is 399 g/mol. The number of rotatable bonds is 9. The molecule has 1 amide bonds.